The van der Waals surface area contributed by atoms with Crippen molar-refractivity contribution >= 4 is 38.8 Å². The zero-order valence-corrected chi connectivity index (χ0v) is 15.9. The maximum atomic E-state index is 12.4. The molecule has 0 unspecified atom stereocenters. The van der Waals surface area contributed by atoms with Crippen molar-refractivity contribution in [3.8, 4) is 0 Å². The van der Waals surface area contributed by atoms with Crippen LogP contribution in [0.15, 0.2) is 65.7 Å². The van der Waals surface area contributed by atoms with E-state index in [2.05, 4.69) is 15.0 Å². The number of sulfonamides is 1. The molecule has 0 amide bonds. The Morgan fingerprint density at radius 3 is 2.50 bits per heavy atom. The van der Waals surface area contributed by atoms with Gasteiger partial charge >= 0.3 is 0 Å². The molecule has 0 saturated carbocycles. The van der Waals surface area contributed by atoms with E-state index in [1.165, 1.54) is 6.20 Å². The summed E-state index contributed by atoms with van der Waals surface area (Å²) in [6.07, 6.45) is 1.47. The highest BCUT2D eigenvalue weighted by molar-refractivity contribution is 7.92. The molecule has 2 N–H and O–H groups in total. The molecular formula is C19H18ClN3O2S. The molecule has 0 spiro atoms. The van der Waals surface area contributed by atoms with Crippen LogP contribution in [-0.2, 0) is 10.0 Å². The molecule has 0 aliphatic heterocycles. The van der Waals surface area contributed by atoms with Crippen LogP contribution in [0, 0.1) is 13.8 Å². The summed E-state index contributed by atoms with van der Waals surface area (Å²) in [6.45, 7) is 3.81. The van der Waals surface area contributed by atoms with E-state index < -0.39 is 10.0 Å². The smallest absolute Gasteiger partial charge is 0.261 e. The van der Waals surface area contributed by atoms with Crippen LogP contribution in [-0.4, -0.2) is 13.4 Å². The Hall–Kier alpha value is -2.57. The van der Waals surface area contributed by atoms with Crippen LogP contribution in [0.1, 0.15) is 11.1 Å². The van der Waals surface area contributed by atoms with Gasteiger partial charge in [0, 0.05) is 10.7 Å². The van der Waals surface area contributed by atoms with Crippen LogP contribution in [0.4, 0.5) is 17.2 Å². The minimum Gasteiger partial charge on any atom is -0.340 e. The molecule has 134 valence electrons. The zero-order chi connectivity index (χ0) is 18.7. The first kappa shape index (κ1) is 18.2. The summed E-state index contributed by atoms with van der Waals surface area (Å²) >= 11 is 6.01. The number of pyridine rings is 1. The lowest BCUT2D eigenvalue weighted by Crippen LogP contribution is -2.13. The van der Waals surface area contributed by atoms with Gasteiger partial charge in [0.05, 0.1) is 16.8 Å². The lowest BCUT2D eigenvalue weighted by atomic mass is 10.2. The zero-order valence-electron chi connectivity index (χ0n) is 14.3. The maximum absolute atomic E-state index is 12.4. The lowest BCUT2D eigenvalue weighted by Gasteiger charge is -2.11. The van der Waals surface area contributed by atoms with Crippen LogP contribution < -0.4 is 10.0 Å². The second-order valence-corrected chi connectivity index (χ2v) is 8.06. The number of hydrogen-bond acceptors (Lipinski definition) is 4. The molecule has 0 aliphatic carbocycles. The van der Waals surface area contributed by atoms with Crippen LogP contribution in [0.3, 0.4) is 0 Å². The van der Waals surface area contributed by atoms with Gasteiger partial charge in [-0.15, -0.1) is 0 Å². The molecular weight excluding hydrogens is 370 g/mol. The van der Waals surface area contributed by atoms with E-state index >= 15 is 0 Å². The third-order valence-electron chi connectivity index (χ3n) is 3.78. The van der Waals surface area contributed by atoms with Crippen molar-refractivity contribution in [3.63, 3.8) is 0 Å². The molecule has 0 saturated heterocycles. The third-order valence-corrected chi connectivity index (χ3v) is 5.39. The Morgan fingerprint density at radius 2 is 1.81 bits per heavy atom. The van der Waals surface area contributed by atoms with E-state index in [-0.39, 0.29) is 4.90 Å². The molecule has 3 rings (SSSR count). The van der Waals surface area contributed by atoms with Gasteiger partial charge in [-0.2, -0.15) is 0 Å². The second kappa shape index (κ2) is 7.35. The van der Waals surface area contributed by atoms with Crippen molar-refractivity contribution in [2.45, 2.75) is 18.7 Å². The van der Waals surface area contributed by atoms with Gasteiger partial charge in [-0.05, 0) is 61.4 Å². The Bertz CT molecular complexity index is 1030. The molecule has 0 aliphatic rings. The first-order valence-corrected chi connectivity index (χ1v) is 9.78. The number of hydrogen-bond donors (Lipinski definition) is 2. The predicted octanol–water partition coefficient (Wildman–Crippen LogP) is 4.90. The van der Waals surface area contributed by atoms with Crippen molar-refractivity contribution < 1.29 is 8.42 Å². The number of nitrogens with one attached hydrogen (secondary N) is 2. The third kappa shape index (κ3) is 4.33. The van der Waals surface area contributed by atoms with Gasteiger partial charge in [0.25, 0.3) is 10.0 Å². The summed E-state index contributed by atoms with van der Waals surface area (Å²) in [5.41, 5.74) is 3.14. The molecule has 0 radical (unpaired) electrons. The van der Waals surface area contributed by atoms with E-state index in [9.17, 15) is 8.42 Å². The number of anilines is 3. The average molecular weight is 388 g/mol. The molecule has 3 aromatic rings. The molecule has 1 heterocycles. The van der Waals surface area contributed by atoms with Gasteiger partial charge in [-0.25, -0.2) is 13.4 Å². The van der Waals surface area contributed by atoms with E-state index in [0.29, 0.717) is 16.5 Å². The first-order chi connectivity index (χ1) is 12.3. The Kier molecular flexibility index (Phi) is 5.15. The summed E-state index contributed by atoms with van der Waals surface area (Å²) in [5, 5.41) is 3.80. The molecule has 0 fully saturated rings. The molecule has 1 aromatic heterocycles. The highest BCUT2D eigenvalue weighted by Gasteiger charge is 2.14. The van der Waals surface area contributed by atoms with E-state index in [1.807, 2.05) is 38.1 Å². The summed E-state index contributed by atoms with van der Waals surface area (Å²) < 4.78 is 27.4. The molecule has 7 heteroatoms. The number of aryl methyl sites for hydroxylation is 2. The van der Waals surface area contributed by atoms with Crippen molar-refractivity contribution in [1.82, 2.24) is 4.98 Å². The largest absolute Gasteiger partial charge is 0.340 e. The maximum Gasteiger partial charge on any atom is 0.261 e. The highest BCUT2D eigenvalue weighted by atomic mass is 35.5. The quantitative estimate of drug-likeness (QED) is 0.653. The summed E-state index contributed by atoms with van der Waals surface area (Å²) in [6, 6.07) is 15.6. The topological polar surface area (TPSA) is 71.1 Å². The minimum absolute atomic E-state index is 0.217. The van der Waals surface area contributed by atoms with Gasteiger partial charge in [0.15, 0.2) is 0 Å². The summed E-state index contributed by atoms with van der Waals surface area (Å²) in [4.78, 5) is 4.48. The fraction of sp³-hybridized carbons (Fsp3) is 0.105. The van der Waals surface area contributed by atoms with Crippen LogP contribution in [0.5, 0.6) is 0 Å². The van der Waals surface area contributed by atoms with Gasteiger partial charge in [-0.3, -0.25) is 4.72 Å². The highest BCUT2D eigenvalue weighted by Crippen LogP contribution is 2.24. The van der Waals surface area contributed by atoms with Crippen molar-refractivity contribution in [1.29, 1.82) is 0 Å². The second-order valence-electron chi connectivity index (χ2n) is 5.94. The number of benzene rings is 2. The monoisotopic (exact) mass is 387 g/mol. The van der Waals surface area contributed by atoms with Crippen LogP contribution >= 0.6 is 11.6 Å². The van der Waals surface area contributed by atoms with Gasteiger partial charge in [0.1, 0.15) is 5.82 Å². The Balaban J connectivity index is 1.76. The SMILES string of the molecule is Cc1cccc(S(=O)(=O)Nc2ccc(Nc3cc(Cl)ccc3C)nc2)c1. The average Bonchev–Trinajstić information content (AvgIpc) is 2.60. The van der Waals surface area contributed by atoms with E-state index in [0.717, 1.165) is 16.8 Å². The predicted molar refractivity (Wildman–Crippen MR) is 106 cm³/mol. The molecule has 0 bridgehead atoms. The fourth-order valence-electron chi connectivity index (χ4n) is 2.39. The van der Waals surface area contributed by atoms with Gasteiger partial charge in [0.2, 0.25) is 0 Å². The summed E-state index contributed by atoms with van der Waals surface area (Å²) in [7, 11) is -3.65. The fourth-order valence-corrected chi connectivity index (χ4v) is 3.71. The Morgan fingerprint density at radius 1 is 1.00 bits per heavy atom. The van der Waals surface area contributed by atoms with E-state index in [1.54, 1.807) is 30.3 Å². The number of halogens is 1. The minimum atomic E-state index is -3.65. The number of nitrogens with zero attached hydrogens (tertiary/aromatic N) is 1. The molecule has 2 aromatic carbocycles. The summed E-state index contributed by atoms with van der Waals surface area (Å²) in [5.74, 6) is 0.592. The molecule has 5 nitrogen and oxygen atoms in total. The van der Waals surface area contributed by atoms with Crippen LogP contribution in [0.2, 0.25) is 5.02 Å². The number of aromatic nitrogens is 1. The normalized spacial score (nSPS) is 11.2. The standard InChI is InChI=1S/C19H18ClN3O2S/c1-13-4-3-5-17(10-13)26(24,25)23-16-8-9-19(21-12-16)22-18-11-15(20)7-6-14(18)2/h3-12,23H,1-2H3,(H,21,22). The van der Waals surface area contributed by atoms with Crippen molar-refractivity contribution in [3.05, 3.63) is 76.9 Å². The van der Waals surface area contributed by atoms with Crippen LogP contribution in [0.25, 0.3) is 0 Å². The van der Waals surface area contributed by atoms with Gasteiger partial charge < -0.3 is 5.32 Å². The lowest BCUT2D eigenvalue weighted by molar-refractivity contribution is 0.601. The Labute approximate surface area is 158 Å². The first-order valence-electron chi connectivity index (χ1n) is 7.92. The van der Waals surface area contributed by atoms with Crippen molar-refractivity contribution in [2.24, 2.45) is 0 Å². The molecule has 0 atom stereocenters. The molecule has 26 heavy (non-hydrogen) atoms. The van der Waals surface area contributed by atoms with Gasteiger partial charge in [-0.1, -0.05) is 29.8 Å². The number of rotatable bonds is 5. The van der Waals surface area contributed by atoms with Crippen molar-refractivity contribution in [2.75, 3.05) is 10.0 Å². The van der Waals surface area contributed by atoms with E-state index in [4.69, 9.17) is 11.6 Å².